The molecule has 0 radical (unpaired) electrons. The fourth-order valence-corrected chi connectivity index (χ4v) is 2.36. The zero-order valence-corrected chi connectivity index (χ0v) is 15.3. The van der Waals surface area contributed by atoms with Gasteiger partial charge in [0, 0.05) is 35.9 Å². The van der Waals surface area contributed by atoms with Gasteiger partial charge in [-0.15, -0.1) is 0 Å². The molecule has 128 valence electrons. The number of nitrogens with one attached hydrogen (secondary N) is 1. The molecule has 0 fully saturated rings. The minimum atomic E-state index is -0.249. The molecule has 0 saturated carbocycles. The summed E-state index contributed by atoms with van der Waals surface area (Å²) in [5.41, 5.74) is 0.913. The van der Waals surface area contributed by atoms with Crippen molar-refractivity contribution in [2.24, 2.45) is 5.92 Å². The molecule has 1 aromatic carbocycles. The number of hydrogen-bond acceptors (Lipinski definition) is 4. The fraction of sp³-hybridized carbons (Fsp3) is 0.556. The third-order valence-corrected chi connectivity index (χ3v) is 4.25. The van der Waals surface area contributed by atoms with Gasteiger partial charge in [-0.3, -0.25) is 9.59 Å². The van der Waals surface area contributed by atoms with E-state index < -0.39 is 0 Å². The fourth-order valence-electron chi connectivity index (χ4n) is 2.20. The van der Waals surface area contributed by atoms with Crippen LogP contribution in [0.25, 0.3) is 0 Å². The summed E-state index contributed by atoms with van der Waals surface area (Å²) in [7, 11) is 0. The lowest BCUT2D eigenvalue weighted by molar-refractivity contribution is -0.0153. The number of carbonyl (C=O) groups is 2. The molecule has 1 N–H and O–H groups in total. The average Bonchev–Trinajstić information content (AvgIpc) is 2.53. The molecule has 1 atom stereocenters. The van der Waals surface area contributed by atoms with Gasteiger partial charge in [-0.25, -0.2) is 0 Å². The zero-order valence-electron chi connectivity index (χ0n) is 14.4. The average molecular weight is 337 g/mol. The Labute approximate surface area is 144 Å². The van der Waals surface area contributed by atoms with Crippen LogP contribution in [0.5, 0.6) is 0 Å². The van der Waals surface area contributed by atoms with E-state index >= 15 is 0 Å². The highest BCUT2D eigenvalue weighted by molar-refractivity contribution is 7.80. The lowest BCUT2D eigenvalue weighted by Gasteiger charge is -2.24. The molecule has 1 amide bonds. The Kier molecular flexibility index (Phi) is 7.79. The predicted octanol–water partition coefficient (Wildman–Crippen LogP) is 3.37. The van der Waals surface area contributed by atoms with Crippen molar-refractivity contribution in [1.82, 2.24) is 5.32 Å². The van der Waals surface area contributed by atoms with Gasteiger partial charge in [0.05, 0.1) is 5.60 Å². The zero-order chi connectivity index (χ0) is 17.5. The third kappa shape index (κ3) is 6.36. The summed E-state index contributed by atoms with van der Waals surface area (Å²) in [5.74, 6) is 0.291. The van der Waals surface area contributed by atoms with Crippen LogP contribution in [-0.2, 0) is 4.74 Å². The SMILES string of the molecule is CCOC(C)(C)CCNC(=O)c1ccc(C(=O)C(C)CS)cc1. The van der Waals surface area contributed by atoms with Crippen LogP contribution < -0.4 is 5.32 Å². The Morgan fingerprint density at radius 1 is 1.22 bits per heavy atom. The van der Waals surface area contributed by atoms with E-state index in [1.807, 2.05) is 27.7 Å². The van der Waals surface area contributed by atoms with E-state index in [1.54, 1.807) is 24.3 Å². The Morgan fingerprint density at radius 3 is 2.30 bits per heavy atom. The van der Waals surface area contributed by atoms with Gasteiger partial charge in [-0.2, -0.15) is 12.6 Å². The molecule has 0 aliphatic rings. The summed E-state index contributed by atoms with van der Waals surface area (Å²) in [6.07, 6.45) is 0.739. The summed E-state index contributed by atoms with van der Waals surface area (Å²) < 4.78 is 5.60. The van der Waals surface area contributed by atoms with E-state index in [-0.39, 0.29) is 23.2 Å². The highest BCUT2D eigenvalue weighted by Gasteiger charge is 2.18. The van der Waals surface area contributed by atoms with Crippen molar-refractivity contribution in [3.63, 3.8) is 0 Å². The molecule has 23 heavy (non-hydrogen) atoms. The van der Waals surface area contributed by atoms with Crippen LogP contribution in [-0.4, -0.2) is 36.2 Å². The number of ether oxygens (including phenoxy) is 1. The van der Waals surface area contributed by atoms with Gasteiger partial charge in [0.15, 0.2) is 5.78 Å². The lowest BCUT2D eigenvalue weighted by Crippen LogP contribution is -2.32. The first-order valence-corrected chi connectivity index (χ1v) is 8.61. The molecule has 1 aromatic rings. The van der Waals surface area contributed by atoms with Crippen molar-refractivity contribution in [3.05, 3.63) is 35.4 Å². The molecular weight excluding hydrogens is 310 g/mol. The minimum absolute atomic E-state index is 0.0467. The van der Waals surface area contributed by atoms with Gasteiger partial charge in [0.2, 0.25) is 0 Å². The molecule has 5 heteroatoms. The highest BCUT2D eigenvalue weighted by Crippen LogP contribution is 2.14. The standard InChI is InChI=1S/C18H27NO3S/c1-5-22-18(3,4)10-11-19-17(21)15-8-6-14(7-9-15)16(20)13(2)12-23/h6-9,13,23H,5,10-12H2,1-4H3,(H,19,21). The van der Waals surface area contributed by atoms with Crippen molar-refractivity contribution in [1.29, 1.82) is 0 Å². The number of Topliss-reactive ketones (excluding diaryl/α,β-unsaturated/α-hetero) is 1. The van der Waals surface area contributed by atoms with Gasteiger partial charge in [0.1, 0.15) is 0 Å². The number of benzene rings is 1. The van der Waals surface area contributed by atoms with E-state index in [9.17, 15) is 9.59 Å². The summed E-state index contributed by atoms with van der Waals surface area (Å²) in [4.78, 5) is 24.1. The molecule has 1 unspecified atom stereocenters. The molecule has 0 bridgehead atoms. The van der Waals surface area contributed by atoms with Gasteiger partial charge in [-0.05, 0) is 39.3 Å². The molecular formula is C18H27NO3S. The molecule has 0 heterocycles. The maximum absolute atomic E-state index is 12.1. The number of ketones is 1. The first-order chi connectivity index (χ1) is 10.8. The maximum atomic E-state index is 12.1. The molecule has 0 aliphatic heterocycles. The van der Waals surface area contributed by atoms with Crippen molar-refractivity contribution in [2.75, 3.05) is 18.9 Å². The first-order valence-electron chi connectivity index (χ1n) is 7.98. The second-order valence-electron chi connectivity index (χ2n) is 6.22. The van der Waals surface area contributed by atoms with E-state index in [1.165, 1.54) is 0 Å². The topological polar surface area (TPSA) is 55.4 Å². The Balaban J connectivity index is 2.56. The lowest BCUT2D eigenvalue weighted by atomic mass is 9.99. The van der Waals surface area contributed by atoms with E-state index in [0.717, 1.165) is 6.42 Å². The van der Waals surface area contributed by atoms with Crippen molar-refractivity contribution >= 4 is 24.3 Å². The largest absolute Gasteiger partial charge is 0.376 e. The second kappa shape index (κ2) is 9.08. The highest BCUT2D eigenvalue weighted by atomic mass is 32.1. The Bertz CT molecular complexity index is 526. The van der Waals surface area contributed by atoms with Gasteiger partial charge in [-0.1, -0.05) is 19.1 Å². The third-order valence-electron chi connectivity index (χ3n) is 3.70. The van der Waals surface area contributed by atoms with Crippen molar-refractivity contribution < 1.29 is 14.3 Å². The van der Waals surface area contributed by atoms with Crippen LogP contribution in [0.2, 0.25) is 0 Å². The van der Waals surface area contributed by atoms with Crippen molar-refractivity contribution in [3.8, 4) is 0 Å². The Hall–Kier alpha value is -1.33. The van der Waals surface area contributed by atoms with Crippen LogP contribution in [0.3, 0.4) is 0 Å². The number of carbonyl (C=O) groups excluding carboxylic acids is 2. The second-order valence-corrected chi connectivity index (χ2v) is 6.59. The van der Waals surface area contributed by atoms with Crippen LogP contribution in [0, 0.1) is 5.92 Å². The molecule has 0 saturated heterocycles. The summed E-state index contributed by atoms with van der Waals surface area (Å²) in [5, 5.41) is 2.88. The monoisotopic (exact) mass is 337 g/mol. The van der Waals surface area contributed by atoms with E-state index in [2.05, 4.69) is 17.9 Å². The minimum Gasteiger partial charge on any atom is -0.376 e. The molecule has 0 aromatic heterocycles. The summed E-state index contributed by atoms with van der Waals surface area (Å²) >= 11 is 4.14. The quantitative estimate of drug-likeness (QED) is 0.536. The van der Waals surface area contributed by atoms with E-state index in [0.29, 0.717) is 30.0 Å². The molecule has 4 nitrogen and oxygen atoms in total. The number of thiol groups is 1. The van der Waals surface area contributed by atoms with Crippen LogP contribution in [0.1, 0.15) is 54.8 Å². The van der Waals surface area contributed by atoms with Gasteiger partial charge >= 0.3 is 0 Å². The number of rotatable bonds is 9. The predicted molar refractivity (Wildman–Crippen MR) is 96.4 cm³/mol. The maximum Gasteiger partial charge on any atom is 0.251 e. The number of amides is 1. The Morgan fingerprint density at radius 2 is 1.78 bits per heavy atom. The molecule has 0 aliphatic carbocycles. The van der Waals surface area contributed by atoms with Crippen molar-refractivity contribution in [2.45, 2.75) is 39.7 Å². The van der Waals surface area contributed by atoms with Gasteiger partial charge in [0.25, 0.3) is 5.91 Å². The summed E-state index contributed by atoms with van der Waals surface area (Å²) in [6, 6.07) is 6.76. The first kappa shape index (κ1) is 19.7. The van der Waals surface area contributed by atoms with Gasteiger partial charge < -0.3 is 10.1 Å². The van der Waals surface area contributed by atoms with Crippen LogP contribution in [0.4, 0.5) is 0 Å². The normalized spacial score (nSPS) is 12.7. The summed E-state index contributed by atoms with van der Waals surface area (Å²) in [6.45, 7) is 9.01. The van der Waals surface area contributed by atoms with Crippen LogP contribution in [0.15, 0.2) is 24.3 Å². The van der Waals surface area contributed by atoms with Crippen LogP contribution >= 0.6 is 12.6 Å². The smallest absolute Gasteiger partial charge is 0.251 e. The van der Waals surface area contributed by atoms with E-state index in [4.69, 9.17) is 4.74 Å². The molecule has 1 rings (SSSR count). The number of hydrogen-bond donors (Lipinski definition) is 2. The molecule has 0 spiro atoms.